The Hall–Kier alpha value is -3.43. The van der Waals surface area contributed by atoms with Crippen LogP contribution in [0.2, 0.25) is 0 Å². The van der Waals surface area contributed by atoms with Crippen LogP contribution in [0.5, 0.6) is 11.5 Å². The van der Waals surface area contributed by atoms with Gasteiger partial charge < -0.3 is 9.47 Å². The second-order valence-electron chi connectivity index (χ2n) is 4.57. The summed E-state index contributed by atoms with van der Waals surface area (Å²) in [7, 11) is 4.45. The van der Waals surface area contributed by atoms with Gasteiger partial charge in [0.05, 0.1) is 25.4 Å². The van der Waals surface area contributed by atoms with Crippen LogP contribution < -0.4 is 14.9 Å². The van der Waals surface area contributed by atoms with Crippen molar-refractivity contribution in [2.24, 2.45) is 12.1 Å². The number of nitrogens with one attached hydrogen (secondary N) is 1. The maximum atomic E-state index is 12.0. The van der Waals surface area contributed by atoms with Crippen LogP contribution in [0.15, 0.2) is 29.5 Å². The Morgan fingerprint density at radius 2 is 2.08 bits per heavy atom. The highest BCUT2D eigenvalue weighted by Crippen LogP contribution is 2.26. The van der Waals surface area contributed by atoms with Crippen LogP contribution in [0.1, 0.15) is 16.1 Å². The summed E-state index contributed by atoms with van der Waals surface area (Å²) in [4.78, 5) is 22.2. The molecule has 0 fully saturated rings. The lowest BCUT2D eigenvalue weighted by Crippen LogP contribution is -2.22. The molecule has 10 nitrogen and oxygen atoms in total. The zero-order chi connectivity index (χ0) is 17.7. The number of aromatic nitrogens is 2. The number of benzene rings is 1. The molecule has 0 bridgehead atoms. The number of amides is 1. The highest BCUT2D eigenvalue weighted by atomic mass is 16.6. The minimum Gasteiger partial charge on any atom is -0.493 e. The number of ether oxygens (including phenoxy) is 2. The highest BCUT2D eigenvalue weighted by Gasteiger charge is 2.25. The zero-order valence-corrected chi connectivity index (χ0v) is 13.2. The van der Waals surface area contributed by atoms with Gasteiger partial charge in [0.2, 0.25) is 5.69 Å². The monoisotopic (exact) mass is 333 g/mol. The average molecular weight is 333 g/mol. The molecular weight excluding hydrogens is 318 g/mol. The molecule has 1 aromatic carbocycles. The molecule has 126 valence electrons. The van der Waals surface area contributed by atoms with Gasteiger partial charge in [-0.2, -0.15) is 10.2 Å². The molecule has 1 N–H and O–H groups in total. The predicted molar refractivity (Wildman–Crippen MR) is 84.5 cm³/mol. The van der Waals surface area contributed by atoms with E-state index in [1.165, 1.54) is 27.5 Å². The van der Waals surface area contributed by atoms with Crippen LogP contribution in [0.3, 0.4) is 0 Å². The summed E-state index contributed by atoms with van der Waals surface area (Å²) < 4.78 is 11.4. The van der Waals surface area contributed by atoms with E-state index in [9.17, 15) is 14.9 Å². The van der Waals surface area contributed by atoms with E-state index in [2.05, 4.69) is 15.6 Å². The third-order valence-electron chi connectivity index (χ3n) is 3.12. The molecule has 2 rings (SSSR count). The Labute approximate surface area is 136 Å². The van der Waals surface area contributed by atoms with E-state index >= 15 is 0 Å². The average Bonchev–Trinajstić information content (AvgIpc) is 2.96. The van der Waals surface area contributed by atoms with Crippen molar-refractivity contribution in [3.05, 3.63) is 45.8 Å². The topological polar surface area (TPSA) is 121 Å². The summed E-state index contributed by atoms with van der Waals surface area (Å²) >= 11 is 0. The molecule has 1 amide bonds. The zero-order valence-electron chi connectivity index (χ0n) is 13.2. The lowest BCUT2D eigenvalue weighted by Gasteiger charge is -2.07. The normalized spacial score (nSPS) is 10.6. The van der Waals surface area contributed by atoms with Crippen LogP contribution in [-0.4, -0.2) is 41.0 Å². The minimum atomic E-state index is -0.738. The molecule has 0 saturated heterocycles. The van der Waals surface area contributed by atoms with Crippen molar-refractivity contribution in [3.63, 3.8) is 0 Å². The summed E-state index contributed by atoms with van der Waals surface area (Å²) in [6.07, 6.45) is 2.38. The lowest BCUT2D eigenvalue weighted by atomic mass is 10.2. The van der Waals surface area contributed by atoms with Gasteiger partial charge >= 0.3 is 5.69 Å². The van der Waals surface area contributed by atoms with Crippen LogP contribution in [0.25, 0.3) is 0 Å². The van der Waals surface area contributed by atoms with Crippen molar-refractivity contribution in [2.45, 2.75) is 0 Å². The van der Waals surface area contributed by atoms with Crippen molar-refractivity contribution >= 4 is 17.8 Å². The quantitative estimate of drug-likeness (QED) is 0.480. The van der Waals surface area contributed by atoms with Crippen LogP contribution in [0, 0.1) is 10.1 Å². The summed E-state index contributed by atoms with van der Waals surface area (Å²) in [5, 5.41) is 18.4. The van der Waals surface area contributed by atoms with Crippen molar-refractivity contribution in [3.8, 4) is 11.5 Å². The number of aryl methyl sites for hydroxylation is 1. The van der Waals surface area contributed by atoms with E-state index in [4.69, 9.17) is 9.47 Å². The second-order valence-corrected chi connectivity index (χ2v) is 4.57. The second kappa shape index (κ2) is 7.22. The van der Waals surface area contributed by atoms with E-state index in [1.54, 1.807) is 18.2 Å². The lowest BCUT2D eigenvalue weighted by molar-refractivity contribution is -0.385. The summed E-state index contributed by atoms with van der Waals surface area (Å²) in [6, 6.07) is 5.07. The van der Waals surface area contributed by atoms with Crippen LogP contribution >= 0.6 is 0 Å². The molecule has 24 heavy (non-hydrogen) atoms. The van der Waals surface area contributed by atoms with E-state index in [0.717, 1.165) is 10.9 Å². The Kier molecular flexibility index (Phi) is 5.09. The maximum Gasteiger partial charge on any atom is 0.320 e. The fraction of sp³-hybridized carbons (Fsp3) is 0.214. The molecule has 1 aromatic heterocycles. The number of carbonyl (C=O) groups is 1. The largest absolute Gasteiger partial charge is 0.493 e. The fourth-order valence-electron chi connectivity index (χ4n) is 1.97. The number of nitrogens with zero attached hydrogens (tertiary/aromatic N) is 4. The van der Waals surface area contributed by atoms with Crippen LogP contribution in [0.4, 0.5) is 5.69 Å². The first kappa shape index (κ1) is 16.9. The van der Waals surface area contributed by atoms with E-state index in [1.807, 2.05) is 0 Å². The highest BCUT2D eigenvalue weighted by molar-refractivity contribution is 5.96. The number of carbonyl (C=O) groups excluding carboxylic acids is 1. The molecular formula is C14H15N5O5. The first-order valence-electron chi connectivity index (χ1n) is 6.69. The van der Waals surface area contributed by atoms with Gasteiger partial charge in [-0.05, 0) is 23.8 Å². The molecule has 0 saturated carbocycles. The SMILES string of the molecule is COc1ccc(/C=N/NC(=O)c2c([N+](=O)[O-])cnn2C)cc1OC. The number of hydrogen-bond donors (Lipinski definition) is 1. The fourth-order valence-corrected chi connectivity index (χ4v) is 1.97. The third kappa shape index (κ3) is 3.48. The molecule has 0 aliphatic rings. The number of nitro groups is 1. The number of hydrazone groups is 1. The smallest absolute Gasteiger partial charge is 0.320 e. The Morgan fingerprint density at radius 3 is 2.71 bits per heavy atom. The molecule has 0 aliphatic heterocycles. The number of rotatable bonds is 6. The molecule has 0 unspecified atom stereocenters. The van der Waals surface area contributed by atoms with E-state index < -0.39 is 16.5 Å². The molecule has 2 aromatic rings. The molecule has 0 spiro atoms. The molecule has 10 heteroatoms. The molecule has 0 aliphatic carbocycles. The van der Waals surface area contributed by atoms with Gasteiger partial charge in [0.1, 0.15) is 6.20 Å². The third-order valence-corrected chi connectivity index (χ3v) is 3.12. The minimum absolute atomic E-state index is 0.190. The van der Waals surface area contributed by atoms with Gasteiger partial charge in [0.25, 0.3) is 5.91 Å². The Balaban J connectivity index is 2.13. The van der Waals surface area contributed by atoms with Gasteiger partial charge in [-0.3, -0.25) is 19.6 Å². The molecule has 0 atom stereocenters. The molecule has 0 radical (unpaired) electrons. The van der Waals surface area contributed by atoms with Gasteiger partial charge in [-0.15, -0.1) is 0 Å². The Morgan fingerprint density at radius 1 is 1.38 bits per heavy atom. The van der Waals surface area contributed by atoms with Crippen LogP contribution in [-0.2, 0) is 7.05 Å². The van der Waals surface area contributed by atoms with Gasteiger partial charge in [-0.1, -0.05) is 0 Å². The first-order valence-corrected chi connectivity index (χ1v) is 6.69. The summed E-state index contributed by atoms with van der Waals surface area (Å²) in [5.41, 5.74) is 2.29. The summed E-state index contributed by atoms with van der Waals surface area (Å²) in [5.74, 6) is 0.331. The maximum absolute atomic E-state index is 12.0. The predicted octanol–water partition coefficient (Wildman–Crippen LogP) is 1.11. The van der Waals surface area contributed by atoms with E-state index in [-0.39, 0.29) is 5.69 Å². The van der Waals surface area contributed by atoms with Gasteiger partial charge in [0.15, 0.2) is 11.5 Å². The molecule has 1 heterocycles. The first-order chi connectivity index (χ1) is 11.5. The summed E-state index contributed by atoms with van der Waals surface area (Å²) in [6.45, 7) is 0. The standard InChI is InChI=1S/C14H15N5O5/c1-18-13(10(8-16-18)19(21)22)14(20)17-15-7-9-4-5-11(23-2)12(6-9)24-3/h4-8H,1-3H3,(H,17,20)/b15-7+. The van der Waals surface area contributed by atoms with Crippen molar-refractivity contribution < 1.29 is 19.2 Å². The number of hydrogen-bond acceptors (Lipinski definition) is 7. The van der Waals surface area contributed by atoms with E-state index in [0.29, 0.717) is 17.1 Å². The Bertz CT molecular complexity index is 799. The van der Waals surface area contributed by atoms with Gasteiger partial charge in [-0.25, -0.2) is 5.43 Å². The van der Waals surface area contributed by atoms with Crippen molar-refractivity contribution in [1.82, 2.24) is 15.2 Å². The van der Waals surface area contributed by atoms with Crippen molar-refractivity contribution in [2.75, 3.05) is 14.2 Å². The van der Waals surface area contributed by atoms with Gasteiger partial charge in [0, 0.05) is 7.05 Å². The number of methoxy groups -OCH3 is 2. The van der Waals surface area contributed by atoms with Crippen molar-refractivity contribution in [1.29, 1.82) is 0 Å².